The third-order valence-electron chi connectivity index (χ3n) is 2.79. The van der Waals surface area contributed by atoms with Crippen molar-refractivity contribution in [2.45, 2.75) is 12.7 Å². The van der Waals surface area contributed by atoms with Crippen LogP contribution in [0, 0.1) is 5.82 Å². The van der Waals surface area contributed by atoms with E-state index in [2.05, 4.69) is 4.98 Å². The number of ketones is 1. The Bertz CT molecular complexity index is 731. The summed E-state index contributed by atoms with van der Waals surface area (Å²) in [6, 6.07) is 3.20. The molecule has 0 bridgehead atoms. The fourth-order valence-corrected chi connectivity index (χ4v) is 1.92. The van der Waals surface area contributed by atoms with Crippen LogP contribution in [-0.4, -0.2) is 40.5 Å². The molecule has 0 aliphatic rings. The molecule has 1 aromatic heterocycles. The van der Waals surface area contributed by atoms with Crippen LogP contribution >= 0.6 is 0 Å². The van der Waals surface area contributed by atoms with Gasteiger partial charge in [0.1, 0.15) is 12.4 Å². The fourth-order valence-electron chi connectivity index (χ4n) is 1.92. The van der Waals surface area contributed by atoms with Gasteiger partial charge in [-0.25, -0.2) is 9.37 Å². The second-order valence-corrected chi connectivity index (χ2v) is 4.91. The monoisotopic (exact) mass is 315 g/mol. The van der Waals surface area contributed by atoms with Gasteiger partial charge in [-0.2, -0.15) is 13.2 Å². The largest absolute Gasteiger partial charge is 0.406 e. The number of aromatic nitrogens is 2. The zero-order chi connectivity index (χ0) is 16.5. The number of carbonyl (C=O) groups is 1. The molecule has 0 unspecified atom stereocenters. The number of halogens is 4. The van der Waals surface area contributed by atoms with Gasteiger partial charge in [-0.05, 0) is 12.1 Å². The molecule has 0 aliphatic carbocycles. The lowest BCUT2D eigenvalue weighted by molar-refractivity contribution is -0.140. The fraction of sp³-hybridized carbons (Fsp3) is 0.286. The number of hydrogen-bond acceptors (Lipinski definition) is 3. The highest BCUT2D eigenvalue weighted by atomic mass is 19.4. The molecule has 1 heterocycles. The van der Waals surface area contributed by atoms with Gasteiger partial charge in [0, 0.05) is 32.4 Å². The van der Waals surface area contributed by atoms with Gasteiger partial charge >= 0.3 is 6.18 Å². The number of imidazole rings is 1. The maximum atomic E-state index is 13.2. The Morgan fingerprint density at radius 3 is 2.64 bits per heavy atom. The third-order valence-corrected chi connectivity index (χ3v) is 2.79. The van der Waals surface area contributed by atoms with Crippen molar-refractivity contribution in [2.24, 2.45) is 0 Å². The van der Waals surface area contributed by atoms with Crippen molar-refractivity contribution in [3.05, 3.63) is 42.1 Å². The van der Waals surface area contributed by atoms with E-state index in [9.17, 15) is 22.4 Å². The van der Waals surface area contributed by atoms with Crippen LogP contribution in [0.25, 0.3) is 11.0 Å². The van der Waals surface area contributed by atoms with Crippen LogP contribution in [0.15, 0.2) is 30.5 Å². The minimum atomic E-state index is -4.53. The summed E-state index contributed by atoms with van der Waals surface area (Å²) in [6.07, 6.45) is -2.01. The van der Waals surface area contributed by atoms with Crippen molar-refractivity contribution in [2.75, 3.05) is 14.1 Å². The Kier molecular flexibility index (Phi) is 4.20. The molecule has 0 spiro atoms. The lowest BCUT2D eigenvalue weighted by Crippen LogP contribution is -2.21. The SMILES string of the molecule is CN(C)/C=C/C(=O)c1nc2cc(F)ccc2n1CC(F)(F)F. The van der Waals surface area contributed by atoms with Crippen LogP contribution in [0.1, 0.15) is 10.6 Å². The van der Waals surface area contributed by atoms with Gasteiger partial charge in [0.05, 0.1) is 11.0 Å². The zero-order valence-electron chi connectivity index (χ0n) is 11.9. The number of fused-ring (bicyclic) bond motifs is 1. The number of alkyl halides is 3. The molecular formula is C14H13F4N3O. The molecule has 118 valence electrons. The molecule has 0 N–H and O–H groups in total. The molecular weight excluding hydrogens is 302 g/mol. The molecule has 2 rings (SSSR count). The van der Waals surface area contributed by atoms with E-state index >= 15 is 0 Å². The highest BCUT2D eigenvalue weighted by molar-refractivity contribution is 6.04. The van der Waals surface area contributed by atoms with E-state index in [1.165, 1.54) is 12.3 Å². The van der Waals surface area contributed by atoms with E-state index in [-0.39, 0.29) is 16.9 Å². The Morgan fingerprint density at radius 2 is 2.05 bits per heavy atom. The summed E-state index contributed by atoms with van der Waals surface area (Å²) >= 11 is 0. The summed E-state index contributed by atoms with van der Waals surface area (Å²) < 4.78 is 52.1. The van der Waals surface area contributed by atoms with Crippen LogP contribution in [0.3, 0.4) is 0 Å². The molecule has 0 aliphatic heterocycles. The van der Waals surface area contributed by atoms with E-state index in [1.54, 1.807) is 19.0 Å². The maximum Gasteiger partial charge on any atom is 0.406 e. The minimum absolute atomic E-state index is 0.00542. The Hall–Kier alpha value is -2.38. The average Bonchev–Trinajstić information content (AvgIpc) is 2.72. The smallest absolute Gasteiger partial charge is 0.383 e. The van der Waals surface area contributed by atoms with Crippen LogP contribution in [0.4, 0.5) is 17.6 Å². The molecule has 0 radical (unpaired) electrons. The molecule has 0 amide bonds. The van der Waals surface area contributed by atoms with Crippen LogP contribution in [0.2, 0.25) is 0 Å². The van der Waals surface area contributed by atoms with Crippen LogP contribution in [0.5, 0.6) is 0 Å². The summed E-state index contributed by atoms with van der Waals surface area (Å²) in [5, 5.41) is 0. The first kappa shape index (κ1) is 16.0. The minimum Gasteiger partial charge on any atom is -0.383 e. The number of nitrogens with zero attached hydrogens (tertiary/aromatic N) is 3. The van der Waals surface area contributed by atoms with Crippen molar-refractivity contribution in [1.82, 2.24) is 14.5 Å². The van der Waals surface area contributed by atoms with Gasteiger partial charge in [-0.1, -0.05) is 0 Å². The normalized spacial score (nSPS) is 12.3. The van der Waals surface area contributed by atoms with E-state index in [4.69, 9.17) is 0 Å². The summed E-state index contributed by atoms with van der Waals surface area (Å²) in [4.78, 5) is 17.5. The Labute approximate surface area is 123 Å². The maximum absolute atomic E-state index is 13.2. The highest BCUT2D eigenvalue weighted by Crippen LogP contribution is 2.24. The summed E-state index contributed by atoms with van der Waals surface area (Å²) in [7, 11) is 3.33. The first-order chi connectivity index (χ1) is 10.2. The quantitative estimate of drug-likeness (QED) is 0.494. The summed E-state index contributed by atoms with van der Waals surface area (Å²) in [6.45, 7) is -1.37. The van der Waals surface area contributed by atoms with E-state index in [0.717, 1.165) is 22.8 Å². The van der Waals surface area contributed by atoms with Crippen LogP contribution < -0.4 is 0 Å². The number of allylic oxidation sites excluding steroid dienone is 1. The Morgan fingerprint density at radius 1 is 1.36 bits per heavy atom. The van der Waals surface area contributed by atoms with Crippen LogP contribution in [-0.2, 0) is 6.54 Å². The van der Waals surface area contributed by atoms with Crippen molar-refractivity contribution in [3.8, 4) is 0 Å². The molecule has 0 fully saturated rings. The Balaban J connectivity index is 2.56. The molecule has 1 aromatic carbocycles. The van der Waals surface area contributed by atoms with Crippen molar-refractivity contribution >= 4 is 16.8 Å². The van der Waals surface area contributed by atoms with Crippen molar-refractivity contribution in [3.63, 3.8) is 0 Å². The van der Waals surface area contributed by atoms with E-state index < -0.39 is 24.3 Å². The molecule has 4 nitrogen and oxygen atoms in total. The molecule has 2 aromatic rings. The first-order valence-corrected chi connectivity index (χ1v) is 6.29. The second kappa shape index (κ2) is 5.78. The number of hydrogen-bond donors (Lipinski definition) is 0. The van der Waals surface area contributed by atoms with E-state index in [0.29, 0.717) is 0 Å². The molecule has 0 saturated heterocycles. The number of benzene rings is 1. The third kappa shape index (κ3) is 3.63. The van der Waals surface area contributed by atoms with Gasteiger partial charge in [-0.15, -0.1) is 0 Å². The molecule has 0 saturated carbocycles. The van der Waals surface area contributed by atoms with Gasteiger partial charge < -0.3 is 9.47 Å². The predicted molar refractivity (Wildman–Crippen MR) is 72.9 cm³/mol. The van der Waals surface area contributed by atoms with Gasteiger partial charge in [-0.3, -0.25) is 4.79 Å². The topological polar surface area (TPSA) is 38.1 Å². The van der Waals surface area contributed by atoms with Gasteiger partial charge in [0.2, 0.25) is 5.78 Å². The standard InChI is InChI=1S/C14H13F4N3O/c1-20(2)6-5-12(22)13-19-10-7-9(15)3-4-11(10)21(13)8-14(16,17)18/h3-7H,8H2,1-2H3/b6-5+. The molecule has 22 heavy (non-hydrogen) atoms. The van der Waals surface area contributed by atoms with E-state index in [1.807, 2.05) is 0 Å². The second-order valence-electron chi connectivity index (χ2n) is 4.91. The van der Waals surface area contributed by atoms with Crippen molar-refractivity contribution in [1.29, 1.82) is 0 Å². The summed E-state index contributed by atoms with van der Waals surface area (Å²) in [5.74, 6) is -1.70. The zero-order valence-corrected chi connectivity index (χ0v) is 11.9. The molecule has 0 atom stereocenters. The first-order valence-electron chi connectivity index (χ1n) is 6.29. The molecule has 8 heteroatoms. The summed E-state index contributed by atoms with van der Waals surface area (Å²) in [5.41, 5.74) is 0.0613. The lowest BCUT2D eigenvalue weighted by Gasteiger charge is -2.10. The number of rotatable bonds is 4. The predicted octanol–water partition coefficient (Wildman–Crippen LogP) is 3.00. The van der Waals surface area contributed by atoms with Gasteiger partial charge in [0.15, 0.2) is 5.82 Å². The van der Waals surface area contributed by atoms with Gasteiger partial charge in [0.25, 0.3) is 0 Å². The van der Waals surface area contributed by atoms with Crippen molar-refractivity contribution < 1.29 is 22.4 Å². The number of carbonyl (C=O) groups excluding carboxylic acids is 1. The lowest BCUT2D eigenvalue weighted by atomic mass is 10.3. The average molecular weight is 315 g/mol. The highest BCUT2D eigenvalue weighted by Gasteiger charge is 2.31.